The molecule has 0 amide bonds. The van der Waals surface area contributed by atoms with Crippen LogP contribution < -0.4 is 0 Å². The third kappa shape index (κ3) is 4.03. The summed E-state index contributed by atoms with van der Waals surface area (Å²) in [5, 5.41) is 0. The normalized spacial score (nSPS) is 12.5. The van der Waals surface area contributed by atoms with Crippen LogP contribution in [0.2, 0.25) is 0 Å². The molecule has 0 unspecified atom stereocenters. The van der Waals surface area contributed by atoms with Gasteiger partial charge >= 0.3 is 6.18 Å². The summed E-state index contributed by atoms with van der Waals surface area (Å²) in [7, 11) is 0. The molecule has 112 valence electrons. The van der Waals surface area contributed by atoms with Gasteiger partial charge in [0.15, 0.2) is 0 Å². The topological polar surface area (TPSA) is 0 Å². The van der Waals surface area contributed by atoms with E-state index in [0.29, 0.717) is 12.0 Å². The van der Waals surface area contributed by atoms with E-state index in [1.165, 1.54) is 12.1 Å². The van der Waals surface area contributed by atoms with Crippen LogP contribution in [0, 0.1) is 0 Å². The number of alkyl halides is 3. The van der Waals surface area contributed by atoms with Gasteiger partial charge in [0, 0.05) is 4.90 Å². The summed E-state index contributed by atoms with van der Waals surface area (Å²) in [6.07, 6.45) is -3.64. The van der Waals surface area contributed by atoms with Crippen molar-refractivity contribution in [2.24, 2.45) is 0 Å². The van der Waals surface area contributed by atoms with E-state index in [9.17, 15) is 13.2 Å². The summed E-state index contributed by atoms with van der Waals surface area (Å²) in [5.41, 5.74) is 0.792. The van der Waals surface area contributed by atoms with Gasteiger partial charge in [0.2, 0.25) is 0 Å². The van der Waals surface area contributed by atoms with Crippen molar-refractivity contribution in [2.75, 3.05) is 0 Å². The largest absolute Gasteiger partial charge is 0.416 e. The Morgan fingerprint density at radius 3 is 2.05 bits per heavy atom. The van der Waals surface area contributed by atoms with Crippen LogP contribution in [-0.2, 0) is 18.0 Å². The molecule has 4 heteroatoms. The van der Waals surface area contributed by atoms with Gasteiger partial charge in [-0.05, 0) is 41.2 Å². The van der Waals surface area contributed by atoms with Crippen molar-refractivity contribution in [3.05, 3.63) is 65.2 Å². The Morgan fingerprint density at radius 2 is 1.48 bits per heavy atom. The number of halogens is 3. The molecule has 2 aromatic rings. The molecule has 0 aliphatic rings. The van der Waals surface area contributed by atoms with Crippen LogP contribution in [-0.4, -0.2) is 0 Å². The molecule has 21 heavy (non-hydrogen) atoms. The summed E-state index contributed by atoms with van der Waals surface area (Å²) in [4.78, 5) is 0.871. The van der Waals surface area contributed by atoms with Crippen LogP contribution >= 0.6 is 12.6 Å². The van der Waals surface area contributed by atoms with Crippen LogP contribution in [0.1, 0.15) is 30.5 Å². The first-order valence-electron chi connectivity index (χ1n) is 6.64. The minimum absolute atomic E-state index is 0.376. The number of hydrogen-bond acceptors (Lipinski definition) is 1. The third-order valence-electron chi connectivity index (χ3n) is 3.55. The van der Waals surface area contributed by atoms with E-state index in [1.807, 2.05) is 38.1 Å². The van der Waals surface area contributed by atoms with Crippen molar-refractivity contribution in [3.63, 3.8) is 0 Å². The molecule has 0 atom stereocenters. The van der Waals surface area contributed by atoms with Gasteiger partial charge in [-0.15, -0.1) is 12.6 Å². The first kappa shape index (κ1) is 16.0. The summed E-state index contributed by atoms with van der Waals surface area (Å²) in [6, 6.07) is 13.3. The van der Waals surface area contributed by atoms with Crippen molar-refractivity contribution in [2.45, 2.75) is 36.8 Å². The number of thiol groups is 1. The maximum absolute atomic E-state index is 12.8. The second-order valence-electron chi connectivity index (χ2n) is 5.81. The van der Waals surface area contributed by atoms with E-state index in [-0.39, 0.29) is 5.41 Å². The fraction of sp³-hybridized carbons (Fsp3) is 0.294. The van der Waals surface area contributed by atoms with Crippen molar-refractivity contribution in [3.8, 4) is 0 Å². The fourth-order valence-electron chi connectivity index (χ4n) is 2.34. The van der Waals surface area contributed by atoms with Crippen molar-refractivity contribution >= 4 is 12.6 Å². The average Bonchev–Trinajstić information content (AvgIpc) is 2.40. The summed E-state index contributed by atoms with van der Waals surface area (Å²) in [5.74, 6) is 0. The molecule has 0 bridgehead atoms. The van der Waals surface area contributed by atoms with Gasteiger partial charge < -0.3 is 0 Å². The molecule has 0 aromatic heterocycles. The molecular formula is C17H17F3S. The number of hydrogen-bond donors (Lipinski definition) is 1. The molecule has 0 saturated carbocycles. The van der Waals surface area contributed by atoms with Crippen LogP contribution in [0.25, 0.3) is 0 Å². The first-order chi connectivity index (χ1) is 9.68. The summed E-state index contributed by atoms with van der Waals surface area (Å²) in [6.45, 7) is 3.91. The van der Waals surface area contributed by atoms with Crippen molar-refractivity contribution in [1.29, 1.82) is 0 Å². The van der Waals surface area contributed by atoms with Gasteiger partial charge in [-0.3, -0.25) is 0 Å². The Kier molecular flexibility index (Phi) is 4.38. The molecule has 0 radical (unpaired) electrons. The van der Waals surface area contributed by atoms with E-state index in [2.05, 4.69) is 12.6 Å². The highest BCUT2D eigenvalue weighted by Crippen LogP contribution is 2.34. The average molecular weight is 310 g/mol. The third-order valence-corrected chi connectivity index (χ3v) is 3.85. The van der Waals surface area contributed by atoms with Gasteiger partial charge in [-0.2, -0.15) is 13.2 Å². The molecule has 0 N–H and O–H groups in total. The molecule has 2 aromatic carbocycles. The second kappa shape index (κ2) is 5.76. The van der Waals surface area contributed by atoms with Gasteiger partial charge in [0.05, 0.1) is 5.56 Å². The minimum Gasteiger partial charge on any atom is -0.166 e. The lowest BCUT2D eigenvalue weighted by Crippen LogP contribution is -2.21. The SMILES string of the molecule is CC(C)(Cc1ccc(S)cc1)c1cccc(C(F)(F)F)c1. The lowest BCUT2D eigenvalue weighted by atomic mass is 9.78. The zero-order valence-corrected chi connectivity index (χ0v) is 12.8. The highest BCUT2D eigenvalue weighted by atomic mass is 32.1. The predicted molar refractivity (Wildman–Crippen MR) is 81.9 cm³/mol. The maximum atomic E-state index is 12.8. The van der Waals surface area contributed by atoms with E-state index in [1.54, 1.807) is 6.07 Å². The molecule has 0 aliphatic heterocycles. The molecule has 0 heterocycles. The fourth-order valence-corrected chi connectivity index (χ4v) is 2.49. The van der Waals surface area contributed by atoms with E-state index < -0.39 is 11.7 Å². The Balaban J connectivity index is 2.28. The maximum Gasteiger partial charge on any atom is 0.416 e. The lowest BCUT2D eigenvalue weighted by Gasteiger charge is -2.26. The Hall–Kier alpha value is -1.42. The van der Waals surface area contributed by atoms with Crippen LogP contribution in [0.15, 0.2) is 53.4 Å². The van der Waals surface area contributed by atoms with Crippen molar-refractivity contribution in [1.82, 2.24) is 0 Å². The quantitative estimate of drug-likeness (QED) is 0.710. The number of benzene rings is 2. The molecule has 0 aliphatic carbocycles. The monoisotopic (exact) mass is 310 g/mol. The van der Waals surface area contributed by atoms with Crippen LogP contribution in [0.4, 0.5) is 13.2 Å². The van der Waals surface area contributed by atoms with Crippen LogP contribution in [0.3, 0.4) is 0 Å². The minimum atomic E-state index is -4.31. The summed E-state index contributed by atoms with van der Waals surface area (Å²) >= 11 is 4.23. The lowest BCUT2D eigenvalue weighted by molar-refractivity contribution is -0.137. The Labute approximate surface area is 128 Å². The van der Waals surface area contributed by atoms with Gasteiger partial charge in [0.1, 0.15) is 0 Å². The molecule has 2 rings (SSSR count). The smallest absolute Gasteiger partial charge is 0.166 e. The van der Waals surface area contributed by atoms with E-state index >= 15 is 0 Å². The molecular weight excluding hydrogens is 293 g/mol. The highest BCUT2D eigenvalue weighted by molar-refractivity contribution is 7.80. The molecule has 0 nitrogen and oxygen atoms in total. The standard InChI is InChI=1S/C17H17F3S/c1-16(2,11-12-6-8-15(21)9-7-12)13-4-3-5-14(10-13)17(18,19)20/h3-10,21H,11H2,1-2H3. The van der Waals surface area contributed by atoms with Crippen LogP contribution in [0.5, 0.6) is 0 Å². The highest BCUT2D eigenvalue weighted by Gasteiger charge is 2.32. The number of rotatable bonds is 3. The van der Waals surface area contributed by atoms with Gasteiger partial charge in [-0.25, -0.2) is 0 Å². The predicted octanol–water partition coefficient (Wildman–Crippen LogP) is 5.51. The summed E-state index contributed by atoms with van der Waals surface area (Å²) < 4.78 is 38.5. The Bertz CT molecular complexity index is 613. The van der Waals surface area contributed by atoms with Gasteiger partial charge in [-0.1, -0.05) is 44.2 Å². The van der Waals surface area contributed by atoms with E-state index in [4.69, 9.17) is 0 Å². The molecule has 0 fully saturated rings. The van der Waals surface area contributed by atoms with Gasteiger partial charge in [0.25, 0.3) is 0 Å². The second-order valence-corrected chi connectivity index (χ2v) is 6.32. The zero-order valence-electron chi connectivity index (χ0n) is 11.9. The molecule has 0 saturated heterocycles. The zero-order chi connectivity index (χ0) is 15.7. The molecule has 0 spiro atoms. The van der Waals surface area contributed by atoms with E-state index in [0.717, 1.165) is 16.5 Å². The Morgan fingerprint density at radius 1 is 0.905 bits per heavy atom. The first-order valence-corrected chi connectivity index (χ1v) is 7.09. The van der Waals surface area contributed by atoms with Crippen molar-refractivity contribution < 1.29 is 13.2 Å².